The molecule has 180 valence electrons. The van der Waals surface area contributed by atoms with Crippen LogP contribution in [0, 0.1) is 5.92 Å². The Kier molecular flexibility index (Phi) is 6.56. The van der Waals surface area contributed by atoms with Crippen LogP contribution >= 0.6 is 0 Å². The molecule has 0 N–H and O–H groups in total. The predicted molar refractivity (Wildman–Crippen MR) is 133 cm³/mol. The second-order valence-corrected chi connectivity index (χ2v) is 13.0. The van der Waals surface area contributed by atoms with E-state index < -0.39 is 9.84 Å². The van der Waals surface area contributed by atoms with Gasteiger partial charge in [0.05, 0.1) is 11.0 Å². The second kappa shape index (κ2) is 9.44. The van der Waals surface area contributed by atoms with Gasteiger partial charge in [0.1, 0.15) is 0 Å². The molecule has 33 heavy (non-hydrogen) atoms. The maximum Gasteiger partial charge on any atom is 0.225 e. The summed E-state index contributed by atoms with van der Waals surface area (Å²) in [6.45, 7) is 1.68. The van der Waals surface area contributed by atoms with Crippen molar-refractivity contribution in [3.63, 3.8) is 0 Å². The van der Waals surface area contributed by atoms with Crippen LogP contribution in [0.5, 0.6) is 0 Å². The molecule has 1 amide bonds. The number of fused-ring (bicyclic) bond motifs is 1. The summed E-state index contributed by atoms with van der Waals surface area (Å²) >= 11 is 0. The van der Waals surface area contributed by atoms with E-state index in [2.05, 4.69) is 34.8 Å². The first-order valence-corrected chi connectivity index (χ1v) is 14.7. The van der Waals surface area contributed by atoms with Crippen LogP contribution in [-0.2, 0) is 27.4 Å². The van der Waals surface area contributed by atoms with Gasteiger partial charge in [0.2, 0.25) is 5.91 Å². The molecule has 2 aliphatic carbocycles. The summed E-state index contributed by atoms with van der Waals surface area (Å²) in [4.78, 5) is 14.9. The minimum Gasteiger partial charge on any atom is -0.350 e. The number of hydrogen-bond donors (Lipinski definition) is 0. The maximum absolute atomic E-state index is 13.0. The number of amides is 1. The molecule has 3 fully saturated rings. The molecule has 5 rings (SSSR count). The molecule has 2 saturated carbocycles. The summed E-state index contributed by atoms with van der Waals surface area (Å²) < 4.78 is 28.3. The maximum atomic E-state index is 13.0. The molecule has 3 aliphatic rings. The van der Waals surface area contributed by atoms with Gasteiger partial charge in [0.15, 0.2) is 9.84 Å². The monoisotopic (exact) mass is 470 g/mol. The van der Waals surface area contributed by atoms with E-state index in [4.69, 9.17) is 0 Å². The highest BCUT2D eigenvalue weighted by atomic mass is 32.2. The fourth-order valence-corrected chi connectivity index (χ4v) is 8.43. The smallest absolute Gasteiger partial charge is 0.225 e. The quantitative estimate of drug-likeness (QED) is 0.594. The lowest BCUT2D eigenvalue weighted by Gasteiger charge is -2.33. The largest absolute Gasteiger partial charge is 0.350 e. The van der Waals surface area contributed by atoms with E-state index >= 15 is 0 Å². The molecule has 1 saturated heterocycles. The molecule has 0 unspecified atom stereocenters. The molecule has 0 bridgehead atoms. The summed E-state index contributed by atoms with van der Waals surface area (Å²) in [6.07, 6.45) is 13.6. The summed E-state index contributed by atoms with van der Waals surface area (Å²) in [5, 5.41) is 1.02. The van der Waals surface area contributed by atoms with Crippen molar-refractivity contribution in [2.45, 2.75) is 87.5 Å². The normalized spacial score (nSPS) is 21.8. The van der Waals surface area contributed by atoms with Crippen molar-refractivity contribution < 1.29 is 13.2 Å². The molecule has 2 heterocycles. The van der Waals surface area contributed by atoms with Gasteiger partial charge in [-0.1, -0.05) is 38.2 Å². The van der Waals surface area contributed by atoms with Gasteiger partial charge in [-0.25, -0.2) is 8.42 Å². The number of sulfone groups is 1. The molecule has 1 aliphatic heterocycles. The number of aromatic nitrogens is 1. The Morgan fingerprint density at radius 3 is 2.30 bits per heavy atom. The van der Waals surface area contributed by atoms with Crippen molar-refractivity contribution in [3.05, 3.63) is 35.5 Å². The van der Waals surface area contributed by atoms with E-state index in [9.17, 15) is 13.2 Å². The predicted octanol–water partition coefficient (Wildman–Crippen LogP) is 5.32. The number of likely N-dealkylation sites (tertiary alicyclic amines) is 1. The van der Waals surface area contributed by atoms with E-state index in [1.807, 2.05) is 6.07 Å². The molecule has 1 aromatic carbocycles. The minimum atomic E-state index is -3.11. The molecular formula is C27H38N2O3S. The number of rotatable bonds is 5. The number of hydrogen-bond acceptors (Lipinski definition) is 3. The van der Waals surface area contributed by atoms with Crippen molar-refractivity contribution in [1.29, 1.82) is 0 Å². The lowest BCUT2D eigenvalue weighted by molar-refractivity contribution is -0.136. The lowest BCUT2D eigenvalue weighted by atomic mass is 9.88. The fourth-order valence-electron chi connectivity index (χ4n) is 6.50. The average molecular weight is 471 g/mol. The van der Waals surface area contributed by atoms with Crippen molar-refractivity contribution in [2.24, 2.45) is 13.0 Å². The minimum absolute atomic E-state index is 0.149. The molecule has 0 radical (unpaired) electrons. The van der Waals surface area contributed by atoms with Gasteiger partial charge in [-0.05, 0) is 67.7 Å². The summed E-state index contributed by atoms with van der Waals surface area (Å²) in [7, 11) is -1.04. The van der Waals surface area contributed by atoms with Crippen molar-refractivity contribution >= 4 is 26.6 Å². The Labute approximate surface area is 198 Å². The first-order chi connectivity index (χ1) is 15.9. The van der Waals surface area contributed by atoms with Crippen molar-refractivity contribution in [3.8, 4) is 0 Å². The van der Waals surface area contributed by atoms with Crippen LogP contribution in [-0.4, -0.2) is 42.1 Å². The third kappa shape index (κ3) is 4.73. The van der Waals surface area contributed by atoms with Crippen LogP contribution in [0.3, 0.4) is 0 Å². The van der Waals surface area contributed by atoms with Gasteiger partial charge in [-0.2, -0.15) is 0 Å². The zero-order chi connectivity index (χ0) is 23.0. The number of piperidine rings is 1. The molecule has 0 spiro atoms. The van der Waals surface area contributed by atoms with Crippen LogP contribution in [0.15, 0.2) is 24.4 Å². The third-order valence-corrected chi connectivity index (χ3v) is 10.7. The molecule has 2 aromatic rings. The van der Waals surface area contributed by atoms with Crippen LogP contribution in [0.1, 0.15) is 87.7 Å². The summed E-state index contributed by atoms with van der Waals surface area (Å²) in [5.41, 5.74) is 3.39. The second-order valence-electron chi connectivity index (χ2n) is 10.7. The molecule has 5 nitrogen and oxygen atoms in total. The molecule has 6 heteroatoms. The fraction of sp³-hybridized carbons (Fsp3) is 0.667. The summed E-state index contributed by atoms with van der Waals surface area (Å²) in [6, 6.07) is 6.21. The molecule has 1 aromatic heterocycles. The van der Waals surface area contributed by atoms with E-state index in [1.54, 1.807) is 0 Å². The Morgan fingerprint density at radius 2 is 1.61 bits per heavy atom. The van der Waals surface area contributed by atoms with Gasteiger partial charge < -0.3 is 9.47 Å². The van der Waals surface area contributed by atoms with E-state index in [-0.39, 0.29) is 16.9 Å². The standard InChI is InChI=1S/C27H38N2O3S/c1-28-18-25(21-13-15-29(16-14-21)27(30)22-7-5-6-8-22)24-17-20(11-12-26(24)28)19-33(31,32)23-9-3-2-4-10-23/h11-12,17-18,21-23H,2-10,13-16,19H2,1H3. The van der Waals surface area contributed by atoms with Crippen LogP contribution < -0.4 is 0 Å². The Hall–Kier alpha value is -1.82. The van der Waals surface area contributed by atoms with Gasteiger partial charge in [0, 0.05) is 43.2 Å². The zero-order valence-corrected chi connectivity index (χ0v) is 20.8. The number of nitrogens with zero attached hydrogens (tertiary/aromatic N) is 2. The third-order valence-electron chi connectivity index (χ3n) is 8.46. The van der Waals surface area contributed by atoms with E-state index in [0.29, 0.717) is 11.8 Å². The Morgan fingerprint density at radius 1 is 0.939 bits per heavy atom. The van der Waals surface area contributed by atoms with Crippen molar-refractivity contribution in [2.75, 3.05) is 13.1 Å². The number of carbonyl (C=O) groups is 1. The summed E-state index contributed by atoms with van der Waals surface area (Å²) in [5.74, 6) is 1.20. The number of carbonyl (C=O) groups excluding carboxylic acids is 1. The first-order valence-electron chi connectivity index (χ1n) is 13.0. The Bertz CT molecular complexity index is 1100. The number of aryl methyl sites for hydroxylation is 1. The molecular weight excluding hydrogens is 432 g/mol. The highest BCUT2D eigenvalue weighted by Crippen LogP contribution is 2.36. The van der Waals surface area contributed by atoms with E-state index in [0.717, 1.165) is 82.0 Å². The first kappa shape index (κ1) is 22.9. The van der Waals surface area contributed by atoms with Gasteiger partial charge >= 0.3 is 0 Å². The lowest BCUT2D eigenvalue weighted by Crippen LogP contribution is -2.40. The average Bonchev–Trinajstić information content (AvgIpc) is 3.48. The van der Waals surface area contributed by atoms with Gasteiger partial charge in [-0.3, -0.25) is 4.79 Å². The molecule has 0 atom stereocenters. The van der Waals surface area contributed by atoms with Gasteiger partial charge in [-0.15, -0.1) is 0 Å². The van der Waals surface area contributed by atoms with Crippen LogP contribution in [0.2, 0.25) is 0 Å². The van der Waals surface area contributed by atoms with Crippen LogP contribution in [0.4, 0.5) is 0 Å². The van der Waals surface area contributed by atoms with Crippen LogP contribution in [0.25, 0.3) is 10.9 Å². The van der Waals surface area contributed by atoms with Crippen molar-refractivity contribution in [1.82, 2.24) is 9.47 Å². The highest BCUT2D eigenvalue weighted by Gasteiger charge is 2.32. The van der Waals surface area contributed by atoms with Gasteiger partial charge in [0.25, 0.3) is 0 Å². The SMILES string of the molecule is Cn1cc(C2CCN(C(=O)C3CCCC3)CC2)c2cc(CS(=O)(=O)C3CCCCC3)ccc21. The number of benzene rings is 1. The van der Waals surface area contributed by atoms with E-state index in [1.165, 1.54) is 23.8 Å². The Balaban J connectivity index is 1.32. The highest BCUT2D eigenvalue weighted by molar-refractivity contribution is 7.91. The zero-order valence-electron chi connectivity index (χ0n) is 20.0. The topological polar surface area (TPSA) is 59.4 Å².